The molecule has 0 spiro atoms. The number of aryl methyl sites for hydroxylation is 2. The second-order valence-electron chi connectivity index (χ2n) is 9.65. The van der Waals surface area contributed by atoms with Crippen LogP contribution in [0.1, 0.15) is 33.4 Å². The lowest BCUT2D eigenvalue weighted by Gasteiger charge is -2.28. The summed E-state index contributed by atoms with van der Waals surface area (Å²) in [5.41, 5.74) is 0.288. The molecule has 0 unspecified atom stereocenters. The van der Waals surface area contributed by atoms with Crippen LogP contribution in [0.25, 0.3) is 11.1 Å². The topological polar surface area (TPSA) is 43.4 Å². The van der Waals surface area contributed by atoms with E-state index in [-0.39, 0.29) is 5.75 Å². The van der Waals surface area contributed by atoms with Crippen LogP contribution in [0.3, 0.4) is 0 Å². The van der Waals surface area contributed by atoms with Gasteiger partial charge in [0.15, 0.2) is 5.75 Å². The third kappa shape index (κ3) is 5.48. The summed E-state index contributed by atoms with van der Waals surface area (Å²) in [6.07, 6.45) is 0. The first-order chi connectivity index (χ1) is 18.2. The number of alkyl halides is 3. The average molecular weight is 571 g/mol. The molecular weight excluding hydrogens is 540 g/mol. The quantitative estimate of drug-likeness (QED) is 0.140. The van der Waals surface area contributed by atoms with Gasteiger partial charge in [-0.15, -0.1) is 0 Å². The lowest BCUT2D eigenvalue weighted by atomic mass is 9.91. The van der Waals surface area contributed by atoms with E-state index in [4.69, 9.17) is 4.18 Å². The Morgan fingerprint density at radius 3 is 1.54 bits per heavy atom. The van der Waals surface area contributed by atoms with Gasteiger partial charge in [0.1, 0.15) is 0 Å². The molecule has 3 nitrogen and oxygen atoms in total. The summed E-state index contributed by atoms with van der Waals surface area (Å²) in [5, 5.41) is 3.08. The summed E-state index contributed by atoms with van der Waals surface area (Å²) < 4.78 is 69.9. The van der Waals surface area contributed by atoms with E-state index in [2.05, 4.69) is 0 Å². The van der Waals surface area contributed by atoms with Crippen molar-refractivity contribution in [3.05, 3.63) is 106 Å². The molecule has 0 fully saturated rings. The van der Waals surface area contributed by atoms with Gasteiger partial charge in [0.2, 0.25) is 0 Å². The average Bonchev–Trinajstić information content (AvgIpc) is 2.89. The molecule has 204 valence electrons. The van der Waals surface area contributed by atoms with Crippen molar-refractivity contribution in [1.29, 1.82) is 0 Å². The maximum absolute atomic E-state index is 13.5. The minimum Gasteiger partial charge on any atom is -0.375 e. The zero-order chi connectivity index (χ0) is 28.7. The van der Waals surface area contributed by atoms with Crippen LogP contribution in [0, 0.1) is 41.5 Å². The summed E-state index contributed by atoms with van der Waals surface area (Å²) in [5.74, 6) is -0.296. The standard InChI is InChI=1S/C31H30F3O3PS/c1-19-17-27(29(23(5)21(19)3)37-39(35,36)31(32,33)34)28-18-20(2)22(4)24(6)30(28)38(25-13-9-7-10-14-25)26-15-11-8-12-16-26/h7-18H,1-6H3. The Balaban J connectivity index is 2.14. The first kappa shape index (κ1) is 28.8. The Kier molecular flexibility index (Phi) is 7.98. The van der Waals surface area contributed by atoms with E-state index >= 15 is 0 Å². The van der Waals surface area contributed by atoms with Gasteiger partial charge in [-0.05, 0) is 110 Å². The van der Waals surface area contributed by atoms with E-state index < -0.39 is 23.5 Å². The van der Waals surface area contributed by atoms with E-state index in [1.807, 2.05) is 94.4 Å². The highest BCUT2D eigenvalue weighted by atomic mass is 32.2. The molecule has 0 N–H and O–H groups in total. The largest absolute Gasteiger partial charge is 0.534 e. The Labute approximate surface area is 229 Å². The number of rotatable bonds is 6. The van der Waals surface area contributed by atoms with Gasteiger partial charge in [-0.1, -0.05) is 66.7 Å². The molecule has 4 aromatic carbocycles. The minimum atomic E-state index is -5.89. The molecule has 0 saturated heterocycles. The molecule has 0 saturated carbocycles. The Hall–Kier alpha value is -3.15. The maximum atomic E-state index is 13.5. The first-order valence-electron chi connectivity index (χ1n) is 12.4. The molecule has 0 amide bonds. The van der Waals surface area contributed by atoms with E-state index in [0.717, 1.165) is 38.2 Å². The third-order valence-electron chi connectivity index (χ3n) is 7.24. The lowest BCUT2D eigenvalue weighted by molar-refractivity contribution is -0.0500. The molecule has 0 atom stereocenters. The van der Waals surface area contributed by atoms with Crippen molar-refractivity contribution < 1.29 is 25.8 Å². The molecule has 0 aliphatic carbocycles. The Morgan fingerprint density at radius 2 is 1.08 bits per heavy atom. The predicted octanol–water partition coefficient (Wildman–Crippen LogP) is 7.19. The van der Waals surface area contributed by atoms with Gasteiger partial charge in [0.05, 0.1) is 0 Å². The second kappa shape index (κ2) is 10.8. The molecule has 4 aromatic rings. The van der Waals surface area contributed by atoms with Crippen LogP contribution in [-0.2, 0) is 10.1 Å². The fourth-order valence-corrected chi connectivity index (χ4v) is 7.86. The van der Waals surface area contributed by atoms with Crippen molar-refractivity contribution in [2.45, 2.75) is 47.1 Å². The molecule has 0 aliphatic rings. The minimum absolute atomic E-state index is 0.296. The van der Waals surface area contributed by atoms with Crippen molar-refractivity contribution in [2.24, 2.45) is 0 Å². The van der Waals surface area contributed by atoms with Crippen molar-refractivity contribution in [1.82, 2.24) is 0 Å². The summed E-state index contributed by atoms with van der Waals surface area (Å²) in [7, 11) is -7.06. The lowest BCUT2D eigenvalue weighted by Crippen LogP contribution is -2.29. The zero-order valence-corrected chi connectivity index (χ0v) is 24.4. The van der Waals surface area contributed by atoms with E-state index in [1.54, 1.807) is 19.9 Å². The van der Waals surface area contributed by atoms with Crippen LogP contribution in [0.15, 0.2) is 72.8 Å². The Morgan fingerprint density at radius 1 is 0.641 bits per heavy atom. The monoisotopic (exact) mass is 570 g/mol. The molecule has 0 heterocycles. The predicted molar refractivity (Wildman–Crippen MR) is 155 cm³/mol. The van der Waals surface area contributed by atoms with Gasteiger partial charge in [0, 0.05) is 5.56 Å². The molecule has 0 radical (unpaired) electrons. The van der Waals surface area contributed by atoms with Gasteiger partial charge in [-0.3, -0.25) is 0 Å². The molecular formula is C31H30F3O3PS. The van der Waals surface area contributed by atoms with Gasteiger partial charge in [-0.25, -0.2) is 0 Å². The smallest absolute Gasteiger partial charge is 0.375 e. The van der Waals surface area contributed by atoms with Crippen LogP contribution in [0.4, 0.5) is 13.2 Å². The fraction of sp³-hybridized carbons (Fsp3) is 0.226. The normalized spacial score (nSPS) is 12.2. The number of hydrogen-bond donors (Lipinski definition) is 0. The summed E-state index contributed by atoms with van der Waals surface area (Å²) in [6, 6.07) is 23.6. The highest BCUT2D eigenvalue weighted by molar-refractivity contribution is 7.88. The van der Waals surface area contributed by atoms with Crippen LogP contribution in [-0.4, -0.2) is 13.9 Å². The third-order valence-corrected chi connectivity index (χ3v) is 10.8. The molecule has 0 aromatic heterocycles. The second-order valence-corrected chi connectivity index (χ2v) is 13.3. The van der Waals surface area contributed by atoms with Crippen molar-refractivity contribution >= 4 is 34.0 Å². The SMILES string of the molecule is Cc1cc(-c2cc(C)c(C)c(C)c2P(c2ccccc2)c2ccccc2)c(OS(=O)(=O)C(F)(F)F)c(C)c1C. The van der Waals surface area contributed by atoms with E-state index in [0.29, 0.717) is 22.3 Å². The first-order valence-corrected chi connectivity index (χ1v) is 15.1. The number of halogens is 3. The van der Waals surface area contributed by atoms with Gasteiger partial charge < -0.3 is 4.18 Å². The highest BCUT2D eigenvalue weighted by Crippen LogP contribution is 2.45. The van der Waals surface area contributed by atoms with E-state index in [9.17, 15) is 21.6 Å². The highest BCUT2D eigenvalue weighted by Gasteiger charge is 2.49. The molecule has 39 heavy (non-hydrogen) atoms. The Bertz CT molecular complexity index is 1590. The maximum Gasteiger partial charge on any atom is 0.534 e. The molecule has 4 rings (SSSR count). The fourth-order valence-electron chi connectivity index (χ4n) is 4.65. The summed E-state index contributed by atoms with van der Waals surface area (Å²) in [6.45, 7) is 11.2. The van der Waals surface area contributed by atoms with Gasteiger partial charge in [0.25, 0.3) is 0 Å². The van der Waals surface area contributed by atoms with Crippen LogP contribution in [0.2, 0.25) is 0 Å². The molecule has 8 heteroatoms. The molecule has 0 aliphatic heterocycles. The van der Waals surface area contributed by atoms with Crippen LogP contribution < -0.4 is 20.1 Å². The summed E-state index contributed by atoms with van der Waals surface area (Å²) in [4.78, 5) is 0. The van der Waals surface area contributed by atoms with Crippen molar-refractivity contribution in [3.8, 4) is 16.9 Å². The number of benzene rings is 4. The van der Waals surface area contributed by atoms with Crippen LogP contribution >= 0.6 is 7.92 Å². The summed E-state index contributed by atoms with van der Waals surface area (Å²) >= 11 is 0. The van der Waals surface area contributed by atoms with Crippen LogP contribution in [0.5, 0.6) is 5.75 Å². The van der Waals surface area contributed by atoms with Gasteiger partial charge >= 0.3 is 15.6 Å². The van der Waals surface area contributed by atoms with Crippen molar-refractivity contribution in [3.63, 3.8) is 0 Å². The molecule has 0 bridgehead atoms. The van der Waals surface area contributed by atoms with Gasteiger partial charge in [-0.2, -0.15) is 21.6 Å². The van der Waals surface area contributed by atoms with Crippen molar-refractivity contribution in [2.75, 3.05) is 0 Å². The van der Waals surface area contributed by atoms with E-state index in [1.165, 1.54) is 0 Å². The zero-order valence-electron chi connectivity index (χ0n) is 22.6. The number of hydrogen-bond acceptors (Lipinski definition) is 3.